The highest BCUT2D eigenvalue weighted by Gasteiger charge is 2.33. The lowest BCUT2D eigenvalue weighted by Gasteiger charge is -2.35. The third-order valence-corrected chi connectivity index (χ3v) is 2.44. The van der Waals surface area contributed by atoms with Crippen LogP contribution in [-0.4, -0.2) is 34.5 Å². The van der Waals surface area contributed by atoms with E-state index in [1.165, 1.54) is 0 Å². The predicted octanol–water partition coefficient (Wildman–Crippen LogP) is 0.781. The summed E-state index contributed by atoms with van der Waals surface area (Å²) in [5.41, 5.74) is -0.823. The SMILES string of the molecule is CC1CC(O)(CCC(=O)O)CCO1. The Hall–Kier alpha value is -0.610. The van der Waals surface area contributed by atoms with Gasteiger partial charge in [0.2, 0.25) is 0 Å². The minimum atomic E-state index is -0.854. The van der Waals surface area contributed by atoms with Crippen LogP contribution in [0.4, 0.5) is 0 Å². The third kappa shape index (κ3) is 3.32. The Morgan fingerprint density at radius 2 is 2.38 bits per heavy atom. The lowest BCUT2D eigenvalue weighted by molar-refractivity contribution is -0.141. The van der Waals surface area contributed by atoms with Gasteiger partial charge in [0.1, 0.15) is 0 Å². The normalized spacial score (nSPS) is 34.5. The largest absolute Gasteiger partial charge is 0.481 e. The van der Waals surface area contributed by atoms with E-state index in [2.05, 4.69) is 0 Å². The van der Waals surface area contributed by atoms with E-state index < -0.39 is 11.6 Å². The molecule has 1 aliphatic heterocycles. The molecule has 0 radical (unpaired) electrons. The fourth-order valence-corrected chi connectivity index (χ4v) is 1.71. The van der Waals surface area contributed by atoms with E-state index in [0.29, 0.717) is 25.9 Å². The van der Waals surface area contributed by atoms with Gasteiger partial charge in [0.25, 0.3) is 0 Å². The van der Waals surface area contributed by atoms with Gasteiger partial charge in [-0.2, -0.15) is 0 Å². The summed E-state index contributed by atoms with van der Waals surface area (Å²) in [4.78, 5) is 10.3. The molecule has 0 aromatic carbocycles. The maximum Gasteiger partial charge on any atom is 0.303 e. The van der Waals surface area contributed by atoms with E-state index >= 15 is 0 Å². The molecule has 2 N–H and O–H groups in total. The Kier molecular flexibility index (Phi) is 3.27. The molecule has 1 aliphatic rings. The van der Waals surface area contributed by atoms with Gasteiger partial charge in [0.05, 0.1) is 11.7 Å². The van der Waals surface area contributed by atoms with Crippen LogP contribution in [-0.2, 0) is 9.53 Å². The van der Waals surface area contributed by atoms with Crippen molar-refractivity contribution in [3.63, 3.8) is 0 Å². The van der Waals surface area contributed by atoms with E-state index in [9.17, 15) is 9.90 Å². The van der Waals surface area contributed by atoms with Gasteiger partial charge in [-0.25, -0.2) is 0 Å². The molecule has 2 unspecified atom stereocenters. The van der Waals surface area contributed by atoms with Crippen molar-refractivity contribution < 1.29 is 19.7 Å². The van der Waals surface area contributed by atoms with Crippen LogP contribution >= 0.6 is 0 Å². The van der Waals surface area contributed by atoms with Crippen molar-refractivity contribution in [2.75, 3.05) is 6.61 Å². The summed E-state index contributed by atoms with van der Waals surface area (Å²) in [6.45, 7) is 2.42. The van der Waals surface area contributed by atoms with E-state index in [1.807, 2.05) is 6.92 Å². The highest BCUT2D eigenvalue weighted by atomic mass is 16.5. The van der Waals surface area contributed by atoms with Gasteiger partial charge >= 0.3 is 5.97 Å². The first-order chi connectivity index (χ1) is 6.02. The molecule has 4 nitrogen and oxygen atoms in total. The maximum atomic E-state index is 10.3. The second kappa shape index (κ2) is 4.07. The fraction of sp³-hybridized carbons (Fsp3) is 0.889. The summed E-state index contributed by atoms with van der Waals surface area (Å²) in [6, 6.07) is 0. The van der Waals surface area contributed by atoms with E-state index in [1.54, 1.807) is 0 Å². The number of ether oxygens (including phenoxy) is 1. The first-order valence-corrected chi connectivity index (χ1v) is 4.58. The highest BCUT2D eigenvalue weighted by Crippen LogP contribution is 2.28. The molecular formula is C9H16O4. The van der Waals surface area contributed by atoms with Gasteiger partial charge in [-0.3, -0.25) is 4.79 Å². The number of rotatable bonds is 3. The Bertz CT molecular complexity index is 192. The van der Waals surface area contributed by atoms with Gasteiger partial charge in [-0.05, 0) is 19.8 Å². The van der Waals surface area contributed by atoms with Crippen LogP contribution < -0.4 is 0 Å². The zero-order valence-electron chi connectivity index (χ0n) is 7.82. The molecule has 0 bridgehead atoms. The zero-order chi connectivity index (χ0) is 9.90. The molecule has 0 aromatic heterocycles. The van der Waals surface area contributed by atoms with Crippen LogP contribution in [0.2, 0.25) is 0 Å². The third-order valence-electron chi connectivity index (χ3n) is 2.44. The molecule has 13 heavy (non-hydrogen) atoms. The summed E-state index contributed by atoms with van der Waals surface area (Å²) in [6.07, 6.45) is 1.48. The smallest absolute Gasteiger partial charge is 0.303 e. The number of aliphatic hydroxyl groups is 1. The van der Waals surface area contributed by atoms with Crippen molar-refractivity contribution >= 4 is 5.97 Å². The first-order valence-electron chi connectivity index (χ1n) is 4.58. The van der Waals surface area contributed by atoms with Crippen molar-refractivity contribution in [1.29, 1.82) is 0 Å². The molecule has 4 heteroatoms. The Morgan fingerprint density at radius 3 is 2.92 bits per heavy atom. The summed E-state index contributed by atoms with van der Waals surface area (Å²) in [7, 11) is 0. The molecule has 0 aliphatic carbocycles. The molecule has 76 valence electrons. The van der Waals surface area contributed by atoms with Crippen LogP contribution in [0.15, 0.2) is 0 Å². The molecular weight excluding hydrogens is 172 g/mol. The average Bonchev–Trinajstić information content (AvgIpc) is 2.01. The Balaban J connectivity index is 2.39. The molecule has 1 rings (SSSR count). The van der Waals surface area contributed by atoms with Crippen molar-refractivity contribution in [1.82, 2.24) is 0 Å². The molecule has 1 heterocycles. The maximum absolute atomic E-state index is 10.3. The van der Waals surface area contributed by atoms with Crippen molar-refractivity contribution in [3.05, 3.63) is 0 Å². The highest BCUT2D eigenvalue weighted by molar-refractivity contribution is 5.66. The van der Waals surface area contributed by atoms with Crippen LogP contribution in [0.3, 0.4) is 0 Å². The second-order valence-corrected chi connectivity index (χ2v) is 3.75. The zero-order valence-corrected chi connectivity index (χ0v) is 7.82. The quantitative estimate of drug-likeness (QED) is 0.686. The molecule has 0 saturated carbocycles. The number of carboxylic acids is 1. The lowest BCUT2D eigenvalue weighted by atomic mass is 9.86. The minimum absolute atomic E-state index is 0.0310. The molecule has 0 spiro atoms. The first kappa shape index (κ1) is 10.5. The van der Waals surface area contributed by atoms with E-state index in [4.69, 9.17) is 9.84 Å². The molecule has 1 saturated heterocycles. The van der Waals surface area contributed by atoms with Crippen molar-refractivity contribution in [3.8, 4) is 0 Å². The number of carbonyl (C=O) groups is 1. The second-order valence-electron chi connectivity index (χ2n) is 3.75. The summed E-state index contributed by atoms with van der Waals surface area (Å²) in [5, 5.41) is 18.4. The summed E-state index contributed by atoms with van der Waals surface area (Å²) in [5.74, 6) is -0.854. The standard InChI is InChI=1S/C9H16O4/c1-7-6-9(12,4-5-13-7)3-2-8(10)11/h7,12H,2-6H2,1H3,(H,10,11). The lowest BCUT2D eigenvalue weighted by Crippen LogP contribution is -2.40. The summed E-state index contributed by atoms with van der Waals surface area (Å²) >= 11 is 0. The van der Waals surface area contributed by atoms with Gasteiger partial charge < -0.3 is 14.9 Å². The Morgan fingerprint density at radius 1 is 1.69 bits per heavy atom. The number of carboxylic acid groups (broad SMARTS) is 1. The van der Waals surface area contributed by atoms with E-state index in [-0.39, 0.29) is 12.5 Å². The number of aliphatic carboxylic acids is 1. The van der Waals surface area contributed by atoms with Crippen LogP contribution in [0.1, 0.15) is 32.6 Å². The van der Waals surface area contributed by atoms with Gasteiger partial charge in [-0.1, -0.05) is 0 Å². The average molecular weight is 188 g/mol. The topological polar surface area (TPSA) is 66.8 Å². The summed E-state index contributed by atoms with van der Waals surface area (Å²) < 4.78 is 5.27. The fourth-order valence-electron chi connectivity index (χ4n) is 1.71. The van der Waals surface area contributed by atoms with Crippen LogP contribution in [0.5, 0.6) is 0 Å². The minimum Gasteiger partial charge on any atom is -0.481 e. The molecule has 1 fully saturated rings. The van der Waals surface area contributed by atoms with Gasteiger partial charge in [0, 0.05) is 19.4 Å². The van der Waals surface area contributed by atoms with Crippen molar-refractivity contribution in [2.45, 2.75) is 44.3 Å². The van der Waals surface area contributed by atoms with E-state index in [0.717, 1.165) is 0 Å². The predicted molar refractivity (Wildman–Crippen MR) is 46.5 cm³/mol. The van der Waals surface area contributed by atoms with Gasteiger partial charge in [-0.15, -0.1) is 0 Å². The van der Waals surface area contributed by atoms with Gasteiger partial charge in [0.15, 0.2) is 0 Å². The molecule has 2 atom stereocenters. The number of hydrogen-bond acceptors (Lipinski definition) is 3. The monoisotopic (exact) mass is 188 g/mol. The van der Waals surface area contributed by atoms with Crippen LogP contribution in [0.25, 0.3) is 0 Å². The molecule has 0 aromatic rings. The van der Waals surface area contributed by atoms with Crippen molar-refractivity contribution in [2.24, 2.45) is 0 Å². The number of hydrogen-bond donors (Lipinski definition) is 2. The van der Waals surface area contributed by atoms with Crippen LogP contribution in [0, 0.1) is 0 Å². The molecule has 0 amide bonds. The Labute approximate surface area is 77.5 Å².